The van der Waals surface area contributed by atoms with Crippen molar-refractivity contribution in [2.75, 3.05) is 0 Å². The highest BCUT2D eigenvalue weighted by Crippen LogP contribution is 2.55. The molecule has 0 N–H and O–H groups in total. The number of hydrogen-bond acceptors (Lipinski definition) is 3. The minimum Gasteiger partial charge on any atom is -0.455 e. The summed E-state index contributed by atoms with van der Waals surface area (Å²) in [5.41, 5.74) is 7.98. The van der Waals surface area contributed by atoms with E-state index >= 15 is 0 Å². The molecule has 8 aromatic carbocycles. The van der Waals surface area contributed by atoms with Gasteiger partial charge in [0.15, 0.2) is 0 Å². The lowest BCUT2D eigenvalue weighted by Gasteiger charge is -2.41. The maximum atomic E-state index is 7.87. The molecule has 0 aliphatic carbocycles. The molecule has 1 aliphatic heterocycles. The van der Waals surface area contributed by atoms with Gasteiger partial charge in [-0.25, -0.2) is 0 Å². The van der Waals surface area contributed by atoms with Gasteiger partial charge in [-0.15, -0.1) is 0 Å². The van der Waals surface area contributed by atoms with Crippen molar-refractivity contribution >= 4 is 91.5 Å². The molecule has 0 bridgehead atoms. The van der Waals surface area contributed by atoms with Gasteiger partial charge in [-0.2, -0.15) is 0 Å². The van der Waals surface area contributed by atoms with E-state index in [1.54, 1.807) is 0 Å². The molecule has 1 aliphatic rings. The highest BCUT2D eigenvalue weighted by atomic mass is 31.1. The number of ether oxygens (including phenoxy) is 1. The van der Waals surface area contributed by atoms with Crippen LogP contribution < -0.4 is 36.6 Å². The summed E-state index contributed by atoms with van der Waals surface area (Å²) in [6.45, 7) is 18.8. The normalized spacial score (nSPS) is 14.7. The van der Waals surface area contributed by atoms with Crippen LogP contribution in [0.1, 0.15) is 77.6 Å². The van der Waals surface area contributed by atoms with Crippen LogP contribution in [-0.4, -0.2) is 0 Å². The predicted octanol–water partition coefficient (Wildman–Crippen LogP) is 14.0. The molecule has 3 nitrogen and oxygen atoms in total. The SMILES string of the molecule is CC(C)(C)c1cc(P(c2ccccc2)c2cccc3c2oc2ccccc23)c2c(c1)C(C)(C)c1cc(C(C)(C)C)cc(P(c3ccccc3)c3cccc4c3oc3ccccc34)c1O2. The van der Waals surface area contributed by atoms with Gasteiger partial charge < -0.3 is 13.6 Å². The zero-order valence-corrected chi connectivity index (χ0v) is 39.6. The van der Waals surface area contributed by atoms with Crippen LogP contribution in [0.5, 0.6) is 11.5 Å². The zero-order chi connectivity index (χ0) is 44.1. The van der Waals surface area contributed by atoms with Crippen molar-refractivity contribution in [3.63, 3.8) is 0 Å². The molecule has 5 heteroatoms. The van der Waals surface area contributed by atoms with E-state index in [2.05, 4.69) is 225 Å². The van der Waals surface area contributed by atoms with Crippen LogP contribution in [0.4, 0.5) is 0 Å². The Morgan fingerprint density at radius 1 is 0.391 bits per heavy atom. The first-order chi connectivity index (χ1) is 30.8. The van der Waals surface area contributed by atoms with Crippen LogP contribution in [0.25, 0.3) is 43.9 Å². The Hall–Kier alpha value is -5.98. The van der Waals surface area contributed by atoms with Crippen LogP contribution in [0.3, 0.4) is 0 Å². The number of rotatable bonds is 6. The summed E-state index contributed by atoms with van der Waals surface area (Å²) >= 11 is 0. The van der Waals surface area contributed by atoms with Gasteiger partial charge in [0.1, 0.15) is 33.8 Å². The molecular weight excluding hydrogens is 819 g/mol. The lowest BCUT2D eigenvalue weighted by atomic mass is 9.72. The molecule has 316 valence electrons. The smallest absolute Gasteiger partial charge is 0.143 e. The summed E-state index contributed by atoms with van der Waals surface area (Å²) in [6.07, 6.45) is 0. The van der Waals surface area contributed by atoms with Crippen molar-refractivity contribution in [3.05, 3.63) is 192 Å². The first-order valence-corrected chi connectivity index (χ1v) is 25.0. The molecule has 0 spiro atoms. The average Bonchev–Trinajstić information content (AvgIpc) is 3.87. The molecule has 0 amide bonds. The fourth-order valence-corrected chi connectivity index (χ4v) is 14.7. The third-order valence-electron chi connectivity index (χ3n) is 13.2. The second-order valence-corrected chi connectivity index (χ2v) is 24.1. The van der Waals surface area contributed by atoms with E-state index in [0.29, 0.717) is 0 Å². The van der Waals surface area contributed by atoms with Gasteiger partial charge in [0.05, 0.1) is 0 Å². The Labute approximate surface area is 378 Å². The number of fused-ring (bicyclic) bond motifs is 8. The van der Waals surface area contributed by atoms with Gasteiger partial charge in [-0.1, -0.05) is 201 Å². The van der Waals surface area contributed by atoms with E-state index < -0.39 is 21.3 Å². The van der Waals surface area contributed by atoms with Crippen molar-refractivity contribution in [2.24, 2.45) is 0 Å². The maximum absolute atomic E-state index is 7.87. The molecule has 2 atom stereocenters. The van der Waals surface area contributed by atoms with Crippen LogP contribution in [-0.2, 0) is 16.2 Å². The van der Waals surface area contributed by atoms with E-state index in [4.69, 9.17) is 13.6 Å². The first kappa shape index (κ1) is 40.8. The first-order valence-electron chi connectivity index (χ1n) is 22.3. The largest absolute Gasteiger partial charge is 0.455 e. The van der Waals surface area contributed by atoms with Crippen molar-refractivity contribution in [3.8, 4) is 11.5 Å². The summed E-state index contributed by atoms with van der Waals surface area (Å²) in [6, 6.07) is 62.1. The van der Waals surface area contributed by atoms with Crippen LogP contribution in [0.2, 0.25) is 0 Å². The van der Waals surface area contributed by atoms with E-state index in [0.717, 1.165) is 55.4 Å². The number of furan rings is 2. The summed E-state index contributed by atoms with van der Waals surface area (Å²) in [5, 5.41) is 11.8. The van der Waals surface area contributed by atoms with Gasteiger partial charge in [-0.3, -0.25) is 0 Å². The molecule has 0 saturated heterocycles. The van der Waals surface area contributed by atoms with Gasteiger partial charge >= 0.3 is 0 Å². The van der Waals surface area contributed by atoms with Gasteiger partial charge in [0.25, 0.3) is 0 Å². The van der Waals surface area contributed by atoms with Crippen molar-refractivity contribution in [1.82, 2.24) is 0 Å². The van der Waals surface area contributed by atoms with E-state index in [-0.39, 0.29) is 10.8 Å². The highest BCUT2D eigenvalue weighted by molar-refractivity contribution is 7.81. The fraction of sp³-hybridized carbons (Fsp3) is 0.186. The second kappa shape index (κ2) is 15.1. The van der Waals surface area contributed by atoms with Crippen molar-refractivity contribution in [1.29, 1.82) is 0 Å². The number of para-hydroxylation sites is 4. The molecule has 3 heterocycles. The Bertz CT molecular complexity index is 3190. The lowest BCUT2D eigenvalue weighted by Crippen LogP contribution is -2.35. The second-order valence-electron chi connectivity index (χ2n) is 19.8. The molecular formula is C59H52O3P2. The average molecular weight is 871 g/mol. The Morgan fingerprint density at radius 2 is 0.766 bits per heavy atom. The molecule has 0 saturated carbocycles. The summed E-state index contributed by atoms with van der Waals surface area (Å²) < 4.78 is 21.6. The quantitative estimate of drug-likeness (QED) is 0.156. The maximum Gasteiger partial charge on any atom is 0.143 e. The van der Waals surface area contributed by atoms with Crippen molar-refractivity contribution in [2.45, 2.75) is 71.6 Å². The molecule has 64 heavy (non-hydrogen) atoms. The monoisotopic (exact) mass is 870 g/mol. The standard InChI is InChI=1S/C59H52O3P2/c1-57(2,3)37-33-45-55(51(35-37)63(39-21-11-9-12-22-39)49-31-19-27-43-41-25-15-17-29-47(41)60-53(43)49)62-56-46(59(45,7)8)34-38(58(4,5)6)36-52(56)64(40-23-13-10-14-24-40)50-32-20-28-44-42-26-16-18-30-48(42)61-54(44)50/h9-36H,1-8H3. The number of benzene rings is 8. The molecule has 0 radical (unpaired) electrons. The third kappa shape index (κ3) is 6.62. The Kier molecular flexibility index (Phi) is 9.59. The Morgan fingerprint density at radius 3 is 1.17 bits per heavy atom. The van der Waals surface area contributed by atoms with Crippen LogP contribution in [0.15, 0.2) is 179 Å². The third-order valence-corrected chi connectivity index (χ3v) is 18.1. The minimum atomic E-state index is -1.19. The summed E-state index contributed by atoms with van der Waals surface area (Å²) in [4.78, 5) is 0. The predicted molar refractivity (Wildman–Crippen MR) is 274 cm³/mol. The van der Waals surface area contributed by atoms with Crippen LogP contribution >= 0.6 is 15.8 Å². The highest BCUT2D eigenvalue weighted by Gasteiger charge is 2.42. The molecule has 2 unspecified atom stereocenters. The lowest BCUT2D eigenvalue weighted by molar-refractivity contribution is 0.422. The van der Waals surface area contributed by atoms with E-state index in [9.17, 15) is 0 Å². The zero-order valence-electron chi connectivity index (χ0n) is 37.8. The van der Waals surface area contributed by atoms with E-state index in [1.807, 2.05) is 0 Å². The molecule has 11 rings (SSSR count). The Balaban J connectivity index is 1.23. The minimum absolute atomic E-state index is 0.130. The van der Waals surface area contributed by atoms with Crippen LogP contribution in [0, 0.1) is 0 Å². The van der Waals surface area contributed by atoms with Gasteiger partial charge in [-0.05, 0) is 72.7 Å². The molecule has 2 aromatic heterocycles. The summed E-state index contributed by atoms with van der Waals surface area (Å²) in [7, 11) is -2.39. The van der Waals surface area contributed by atoms with Gasteiger partial charge in [0, 0.05) is 59.3 Å². The van der Waals surface area contributed by atoms with Crippen molar-refractivity contribution < 1.29 is 13.6 Å². The molecule has 0 fully saturated rings. The topological polar surface area (TPSA) is 35.5 Å². The number of hydrogen-bond donors (Lipinski definition) is 0. The summed E-state index contributed by atoms with van der Waals surface area (Å²) in [5.74, 6) is 1.89. The van der Waals surface area contributed by atoms with E-state index in [1.165, 1.54) is 54.1 Å². The fourth-order valence-electron chi connectivity index (χ4n) is 9.60. The molecule has 10 aromatic rings. The van der Waals surface area contributed by atoms with Gasteiger partial charge in [0.2, 0.25) is 0 Å².